The Morgan fingerprint density at radius 1 is 1.26 bits per heavy atom. The number of hydrogen-bond acceptors (Lipinski definition) is 6. The van der Waals surface area contributed by atoms with E-state index in [2.05, 4.69) is 43.5 Å². The Morgan fingerprint density at radius 3 is 2.74 bits per heavy atom. The van der Waals surface area contributed by atoms with Gasteiger partial charge in [0.15, 0.2) is 0 Å². The van der Waals surface area contributed by atoms with Crippen LogP contribution in [0.4, 0.5) is 15.8 Å². The zero-order valence-electron chi connectivity index (χ0n) is 17.5. The van der Waals surface area contributed by atoms with Gasteiger partial charge in [0.05, 0.1) is 29.9 Å². The highest BCUT2D eigenvalue weighted by atomic mass is 79.9. The molecule has 6 nitrogen and oxygen atoms in total. The highest BCUT2D eigenvalue weighted by Gasteiger charge is 2.37. The predicted molar refractivity (Wildman–Crippen MR) is 127 cm³/mol. The van der Waals surface area contributed by atoms with E-state index in [9.17, 15) is 4.39 Å². The van der Waals surface area contributed by atoms with Crippen LogP contribution >= 0.6 is 28.3 Å². The third kappa shape index (κ3) is 5.31. The molecule has 0 aromatic heterocycles. The van der Waals surface area contributed by atoms with Crippen molar-refractivity contribution in [2.24, 2.45) is 10.9 Å². The van der Waals surface area contributed by atoms with Crippen LogP contribution in [0.1, 0.15) is 18.4 Å². The molecule has 0 aliphatic carbocycles. The predicted octanol–water partition coefficient (Wildman–Crippen LogP) is 4.86. The normalized spacial score (nSPS) is 21.0. The van der Waals surface area contributed by atoms with Crippen molar-refractivity contribution in [1.82, 2.24) is 10.2 Å². The molecule has 9 heteroatoms. The molecule has 1 fully saturated rings. The first-order chi connectivity index (χ1) is 14.5. The number of anilines is 1. The number of likely N-dealkylation sites (tertiary alicyclic amines) is 1. The highest BCUT2D eigenvalue weighted by Crippen LogP contribution is 2.37. The molecule has 1 saturated heterocycles. The molecule has 168 valence electrons. The van der Waals surface area contributed by atoms with Crippen molar-refractivity contribution in [3.63, 3.8) is 0 Å². The van der Waals surface area contributed by atoms with Crippen molar-refractivity contribution in [2.45, 2.75) is 18.7 Å². The molecule has 31 heavy (non-hydrogen) atoms. The Bertz CT molecular complexity index is 940. The number of nitrogens with one attached hydrogen (secondary N) is 2. The molecule has 0 saturated carbocycles. The van der Waals surface area contributed by atoms with Crippen molar-refractivity contribution in [2.75, 3.05) is 39.2 Å². The monoisotopic (exact) mass is 512 g/mol. The molecule has 2 heterocycles. The lowest BCUT2D eigenvalue weighted by Gasteiger charge is -2.37. The maximum atomic E-state index is 14.4. The topological polar surface area (TPSA) is 58.1 Å². The Labute approximate surface area is 196 Å². The van der Waals surface area contributed by atoms with Gasteiger partial charge in [0.1, 0.15) is 11.6 Å². The number of rotatable bonds is 6. The SMILES string of the molecule is COC1(Nc2ccc(Br)cc2F)NC=Nc2cc(OCC3CCN(C)CC3)ccc21.Cl. The minimum absolute atomic E-state index is 0. The standard InChI is InChI=1S/C22H26BrFN4O2.ClH/c1-28-9-7-15(8-10-28)13-30-17-4-5-18-21(12-17)25-14-26-22(18,29-2)27-20-6-3-16(23)11-19(20)24;/h3-6,11-12,14-15,27H,7-10,13H2,1-2H3,(H,25,26);1H. The number of aliphatic imine (C=N–C) groups is 1. The molecule has 2 N–H and O–H groups in total. The van der Waals surface area contributed by atoms with E-state index in [-0.39, 0.29) is 18.2 Å². The van der Waals surface area contributed by atoms with Gasteiger partial charge in [0.25, 0.3) is 0 Å². The van der Waals surface area contributed by atoms with Crippen LogP contribution in [0, 0.1) is 11.7 Å². The average molecular weight is 514 g/mol. The van der Waals surface area contributed by atoms with Crippen molar-refractivity contribution in [1.29, 1.82) is 0 Å². The molecular formula is C22H27BrClFN4O2. The third-order valence-electron chi connectivity index (χ3n) is 5.69. The van der Waals surface area contributed by atoms with E-state index in [4.69, 9.17) is 9.47 Å². The second-order valence-corrected chi connectivity index (χ2v) is 8.69. The van der Waals surface area contributed by atoms with Gasteiger partial charge in [0.2, 0.25) is 5.85 Å². The fourth-order valence-electron chi connectivity index (χ4n) is 3.82. The molecular weight excluding hydrogens is 487 g/mol. The lowest BCUT2D eigenvalue weighted by molar-refractivity contribution is -0.00280. The zero-order chi connectivity index (χ0) is 21.1. The summed E-state index contributed by atoms with van der Waals surface area (Å²) in [6.45, 7) is 2.93. The molecule has 0 bridgehead atoms. The minimum atomic E-state index is -1.14. The van der Waals surface area contributed by atoms with Crippen molar-refractivity contribution in [3.05, 3.63) is 52.3 Å². The maximum Gasteiger partial charge on any atom is 0.247 e. The summed E-state index contributed by atoms with van der Waals surface area (Å²) in [5, 5.41) is 6.22. The van der Waals surface area contributed by atoms with Crippen LogP contribution < -0.4 is 15.4 Å². The number of nitrogens with zero attached hydrogens (tertiary/aromatic N) is 2. The quantitative estimate of drug-likeness (QED) is 0.540. The largest absolute Gasteiger partial charge is 0.493 e. The first-order valence-electron chi connectivity index (χ1n) is 10.0. The summed E-state index contributed by atoms with van der Waals surface area (Å²) >= 11 is 3.28. The van der Waals surface area contributed by atoms with Gasteiger partial charge < -0.3 is 25.0 Å². The van der Waals surface area contributed by atoms with Crippen molar-refractivity contribution < 1.29 is 13.9 Å². The number of hydrogen-bond donors (Lipinski definition) is 2. The molecule has 2 aromatic carbocycles. The van der Waals surface area contributed by atoms with Crippen LogP contribution in [0.25, 0.3) is 0 Å². The molecule has 2 aliphatic heterocycles. The van der Waals surface area contributed by atoms with Crippen molar-refractivity contribution in [3.8, 4) is 5.75 Å². The zero-order valence-corrected chi connectivity index (χ0v) is 19.9. The summed E-state index contributed by atoms with van der Waals surface area (Å²) in [5.41, 5.74) is 1.78. The van der Waals surface area contributed by atoms with Gasteiger partial charge in [-0.15, -0.1) is 12.4 Å². The molecule has 1 atom stereocenters. The molecule has 2 aromatic rings. The Morgan fingerprint density at radius 2 is 2.03 bits per heavy atom. The van der Waals surface area contributed by atoms with Gasteiger partial charge in [-0.1, -0.05) is 15.9 Å². The van der Waals surface area contributed by atoms with Gasteiger partial charge in [-0.25, -0.2) is 9.38 Å². The van der Waals surface area contributed by atoms with E-state index < -0.39 is 5.85 Å². The lowest BCUT2D eigenvalue weighted by Crippen LogP contribution is -2.51. The second kappa shape index (κ2) is 10.2. The Hall–Kier alpha value is -1.87. The summed E-state index contributed by atoms with van der Waals surface area (Å²) in [5.74, 6) is -0.183. The van der Waals surface area contributed by atoms with E-state index in [1.165, 1.54) is 6.07 Å². The molecule has 0 amide bonds. The van der Waals surface area contributed by atoms with E-state index in [0.717, 1.165) is 37.2 Å². The van der Waals surface area contributed by atoms with E-state index in [1.54, 1.807) is 25.6 Å². The van der Waals surface area contributed by atoms with E-state index >= 15 is 0 Å². The second-order valence-electron chi connectivity index (χ2n) is 7.77. The van der Waals surface area contributed by atoms with Gasteiger partial charge in [-0.3, -0.25) is 0 Å². The molecule has 0 radical (unpaired) electrons. The molecule has 4 rings (SSSR count). The van der Waals surface area contributed by atoms with Gasteiger partial charge in [0, 0.05) is 17.6 Å². The third-order valence-corrected chi connectivity index (χ3v) is 6.19. The van der Waals surface area contributed by atoms with Gasteiger partial charge in [-0.2, -0.15) is 0 Å². The Balaban J connectivity index is 0.00000272. The van der Waals surface area contributed by atoms with Crippen molar-refractivity contribution >= 4 is 46.1 Å². The summed E-state index contributed by atoms with van der Waals surface area (Å²) in [4.78, 5) is 6.79. The first kappa shape index (κ1) is 23.8. The fraction of sp³-hybridized carbons (Fsp3) is 0.409. The molecule has 2 aliphatic rings. The number of ether oxygens (including phenoxy) is 2. The fourth-order valence-corrected chi connectivity index (χ4v) is 4.16. The van der Waals surface area contributed by atoms with E-state index in [1.807, 2.05) is 18.2 Å². The summed E-state index contributed by atoms with van der Waals surface area (Å²) < 4.78 is 26.9. The lowest BCUT2D eigenvalue weighted by atomic mass is 9.98. The highest BCUT2D eigenvalue weighted by molar-refractivity contribution is 9.10. The van der Waals surface area contributed by atoms with Gasteiger partial charge in [-0.05, 0) is 69.2 Å². The number of methoxy groups -OCH3 is 1. The van der Waals surface area contributed by atoms with E-state index in [0.29, 0.717) is 28.4 Å². The summed E-state index contributed by atoms with van der Waals surface area (Å²) in [6.07, 6.45) is 3.86. The summed E-state index contributed by atoms with van der Waals surface area (Å²) in [7, 11) is 3.72. The summed E-state index contributed by atoms with van der Waals surface area (Å²) in [6, 6.07) is 10.5. The van der Waals surface area contributed by atoms with Crippen LogP contribution in [0.15, 0.2) is 45.9 Å². The first-order valence-corrected chi connectivity index (χ1v) is 10.8. The van der Waals surface area contributed by atoms with Crippen LogP contribution in [-0.4, -0.2) is 45.1 Å². The van der Waals surface area contributed by atoms with Crippen LogP contribution in [0.3, 0.4) is 0 Å². The number of benzene rings is 2. The van der Waals surface area contributed by atoms with Gasteiger partial charge >= 0.3 is 0 Å². The molecule has 0 spiro atoms. The smallest absolute Gasteiger partial charge is 0.247 e. The van der Waals surface area contributed by atoms with Crippen LogP contribution in [-0.2, 0) is 10.6 Å². The number of halogens is 3. The average Bonchev–Trinajstić information content (AvgIpc) is 2.75. The number of fused-ring (bicyclic) bond motifs is 1. The minimum Gasteiger partial charge on any atom is -0.493 e. The van der Waals surface area contributed by atoms with Crippen LogP contribution in [0.2, 0.25) is 0 Å². The molecule has 1 unspecified atom stereocenters. The van der Waals surface area contributed by atoms with Crippen LogP contribution in [0.5, 0.6) is 5.75 Å². The Kier molecular flexibility index (Phi) is 7.80. The maximum absolute atomic E-state index is 14.4. The number of piperidine rings is 1.